The molecule has 0 aromatic rings. The van der Waals surface area contributed by atoms with Gasteiger partial charge in [0.05, 0.1) is 11.6 Å². The first-order chi connectivity index (χ1) is 5.36. The van der Waals surface area contributed by atoms with Crippen molar-refractivity contribution in [2.75, 3.05) is 6.61 Å². The average molecular weight is 187 g/mol. The SMILES string of the molecule is [N-]=[N+]=NC1=CC=C(CO)SS1. The molecule has 1 aliphatic heterocycles. The molecule has 0 bridgehead atoms. The summed E-state index contributed by atoms with van der Waals surface area (Å²) >= 11 is 0. The van der Waals surface area contributed by atoms with Crippen molar-refractivity contribution >= 4 is 21.6 Å². The molecule has 0 saturated heterocycles. The van der Waals surface area contributed by atoms with Crippen LogP contribution in [0.5, 0.6) is 0 Å². The van der Waals surface area contributed by atoms with Gasteiger partial charge in [0.1, 0.15) is 0 Å². The van der Waals surface area contributed by atoms with Crippen LogP contribution < -0.4 is 0 Å². The number of aliphatic hydroxyl groups excluding tert-OH is 1. The Kier molecular flexibility index (Phi) is 3.38. The first-order valence-electron chi connectivity index (χ1n) is 2.78. The van der Waals surface area contributed by atoms with E-state index in [-0.39, 0.29) is 6.61 Å². The fourth-order valence-corrected chi connectivity index (χ4v) is 2.22. The highest BCUT2D eigenvalue weighted by molar-refractivity contribution is 8.79. The Bertz CT molecular complexity index is 254. The zero-order chi connectivity index (χ0) is 8.10. The van der Waals surface area contributed by atoms with Gasteiger partial charge in [0, 0.05) is 9.82 Å². The number of allylic oxidation sites excluding steroid dienone is 2. The highest BCUT2D eigenvalue weighted by Crippen LogP contribution is 2.40. The first kappa shape index (κ1) is 8.55. The van der Waals surface area contributed by atoms with Gasteiger partial charge in [0.25, 0.3) is 0 Å². The van der Waals surface area contributed by atoms with Crippen LogP contribution in [0.25, 0.3) is 10.4 Å². The lowest BCUT2D eigenvalue weighted by atomic mass is 10.5. The van der Waals surface area contributed by atoms with Gasteiger partial charge in [0.15, 0.2) is 0 Å². The maximum atomic E-state index is 8.67. The van der Waals surface area contributed by atoms with Crippen molar-refractivity contribution in [1.82, 2.24) is 0 Å². The van der Waals surface area contributed by atoms with Crippen LogP contribution in [0.1, 0.15) is 0 Å². The van der Waals surface area contributed by atoms with Gasteiger partial charge in [-0.1, -0.05) is 26.7 Å². The predicted octanol–water partition coefficient (Wildman–Crippen LogP) is 2.41. The second-order valence-corrected chi connectivity index (χ2v) is 3.93. The average Bonchev–Trinajstić information content (AvgIpc) is 2.07. The van der Waals surface area contributed by atoms with E-state index in [2.05, 4.69) is 10.0 Å². The smallest absolute Gasteiger partial charge is 0.0818 e. The monoisotopic (exact) mass is 187 g/mol. The standard InChI is InChI=1S/C5H5N3OS2/c6-8-7-5-2-1-4(3-9)10-11-5/h1-2,9H,3H2. The summed E-state index contributed by atoms with van der Waals surface area (Å²) in [7, 11) is 2.76. The summed E-state index contributed by atoms with van der Waals surface area (Å²) in [4.78, 5) is 3.51. The number of hydrogen-bond donors (Lipinski definition) is 1. The van der Waals surface area contributed by atoms with Gasteiger partial charge in [-0.15, -0.1) is 0 Å². The van der Waals surface area contributed by atoms with Crippen LogP contribution in [0.15, 0.2) is 27.2 Å². The summed E-state index contributed by atoms with van der Waals surface area (Å²) in [6, 6.07) is 0. The minimum Gasteiger partial charge on any atom is -0.391 e. The number of nitrogens with zero attached hydrogens (tertiary/aromatic N) is 3. The Hall–Kier alpha value is -0.550. The molecule has 0 aromatic heterocycles. The molecule has 1 N–H and O–H groups in total. The Morgan fingerprint density at radius 1 is 1.55 bits per heavy atom. The van der Waals surface area contributed by atoms with Crippen molar-refractivity contribution in [3.8, 4) is 0 Å². The Morgan fingerprint density at radius 2 is 2.36 bits per heavy atom. The van der Waals surface area contributed by atoms with E-state index in [4.69, 9.17) is 10.6 Å². The van der Waals surface area contributed by atoms with Crippen LogP contribution in [0, 0.1) is 0 Å². The quantitative estimate of drug-likeness (QED) is 0.312. The Labute approximate surface area is 71.4 Å². The summed E-state index contributed by atoms with van der Waals surface area (Å²) in [6.45, 7) is 0.0394. The fraction of sp³-hybridized carbons (Fsp3) is 0.200. The second kappa shape index (κ2) is 4.35. The van der Waals surface area contributed by atoms with Crippen molar-refractivity contribution in [2.24, 2.45) is 5.11 Å². The van der Waals surface area contributed by atoms with Gasteiger partial charge in [-0.05, 0) is 17.7 Å². The minimum atomic E-state index is 0.0394. The van der Waals surface area contributed by atoms with Gasteiger partial charge in [0.2, 0.25) is 0 Å². The Balaban J connectivity index is 2.68. The molecule has 1 aliphatic rings. The van der Waals surface area contributed by atoms with E-state index in [0.717, 1.165) is 4.91 Å². The molecule has 0 saturated carbocycles. The molecule has 0 unspecified atom stereocenters. The van der Waals surface area contributed by atoms with Gasteiger partial charge in [-0.3, -0.25) is 0 Å². The zero-order valence-electron chi connectivity index (χ0n) is 5.47. The molecule has 6 heteroatoms. The lowest BCUT2D eigenvalue weighted by Crippen LogP contribution is -1.85. The first-order valence-corrected chi connectivity index (χ1v) is 4.93. The van der Waals surface area contributed by atoms with E-state index in [9.17, 15) is 0 Å². The number of aliphatic hydroxyl groups is 1. The third kappa shape index (κ3) is 2.51. The van der Waals surface area contributed by atoms with Crippen LogP contribution in [0.4, 0.5) is 0 Å². The van der Waals surface area contributed by atoms with E-state index in [0.29, 0.717) is 5.03 Å². The van der Waals surface area contributed by atoms with Gasteiger partial charge in [-0.25, -0.2) is 0 Å². The molecule has 0 amide bonds. The van der Waals surface area contributed by atoms with Crippen molar-refractivity contribution in [2.45, 2.75) is 0 Å². The summed E-state index contributed by atoms with van der Waals surface area (Å²) in [6.07, 6.45) is 3.43. The maximum Gasteiger partial charge on any atom is 0.0818 e. The lowest BCUT2D eigenvalue weighted by Gasteiger charge is -2.06. The molecule has 11 heavy (non-hydrogen) atoms. The van der Waals surface area contributed by atoms with Gasteiger partial charge in [-0.2, -0.15) is 0 Å². The van der Waals surface area contributed by atoms with E-state index >= 15 is 0 Å². The molecule has 4 nitrogen and oxygen atoms in total. The van der Waals surface area contributed by atoms with Gasteiger partial charge >= 0.3 is 0 Å². The summed E-state index contributed by atoms with van der Waals surface area (Å²) < 4.78 is 0. The van der Waals surface area contributed by atoms with Crippen LogP contribution in [-0.4, -0.2) is 11.7 Å². The van der Waals surface area contributed by atoms with E-state index < -0.39 is 0 Å². The lowest BCUT2D eigenvalue weighted by molar-refractivity contribution is 0.339. The largest absolute Gasteiger partial charge is 0.391 e. The highest BCUT2D eigenvalue weighted by atomic mass is 33.1. The number of azide groups is 1. The van der Waals surface area contributed by atoms with E-state index in [1.54, 1.807) is 12.2 Å². The number of hydrogen-bond acceptors (Lipinski definition) is 4. The minimum absolute atomic E-state index is 0.0394. The third-order valence-electron chi connectivity index (χ3n) is 0.945. The molecular formula is C5H5N3OS2. The van der Waals surface area contributed by atoms with E-state index in [1.807, 2.05) is 0 Å². The predicted molar refractivity (Wildman–Crippen MR) is 47.6 cm³/mol. The summed E-state index contributed by atoms with van der Waals surface area (Å²) in [5.41, 5.74) is 8.07. The molecule has 0 spiro atoms. The van der Waals surface area contributed by atoms with Crippen LogP contribution in [0.2, 0.25) is 0 Å². The molecule has 0 atom stereocenters. The third-order valence-corrected chi connectivity index (χ3v) is 3.30. The molecule has 0 radical (unpaired) electrons. The summed E-state index contributed by atoms with van der Waals surface area (Å²) in [5.74, 6) is 0. The van der Waals surface area contributed by atoms with Crippen LogP contribution in [0.3, 0.4) is 0 Å². The fourth-order valence-electron chi connectivity index (χ4n) is 0.489. The summed E-state index contributed by atoms with van der Waals surface area (Å²) in [5, 5.41) is 12.7. The van der Waals surface area contributed by atoms with Gasteiger partial charge < -0.3 is 5.11 Å². The molecule has 1 rings (SSSR count). The van der Waals surface area contributed by atoms with E-state index in [1.165, 1.54) is 21.6 Å². The maximum absolute atomic E-state index is 8.67. The van der Waals surface area contributed by atoms with Crippen LogP contribution >= 0.6 is 21.6 Å². The molecule has 0 aromatic carbocycles. The molecule has 58 valence electrons. The van der Waals surface area contributed by atoms with Crippen molar-refractivity contribution < 1.29 is 5.11 Å². The second-order valence-electron chi connectivity index (χ2n) is 1.65. The highest BCUT2D eigenvalue weighted by Gasteiger charge is 2.04. The van der Waals surface area contributed by atoms with Crippen molar-refractivity contribution in [3.05, 3.63) is 32.5 Å². The number of rotatable bonds is 2. The van der Waals surface area contributed by atoms with Crippen LogP contribution in [-0.2, 0) is 0 Å². The van der Waals surface area contributed by atoms with Crippen molar-refractivity contribution in [1.29, 1.82) is 0 Å². The normalized spacial score (nSPS) is 16.5. The Morgan fingerprint density at radius 3 is 2.82 bits per heavy atom. The molecule has 0 aliphatic carbocycles. The molecular weight excluding hydrogens is 182 g/mol. The zero-order valence-corrected chi connectivity index (χ0v) is 7.10. The molecule has 0 fully saturated rings. The van der Waals surface area contributed by atoms with Crippen molar-refractivity contribution in [3.63, 3.8) is 0 Å². The topological polar surface area (TPSA) is 69.0 Å². The molecule has 1 heterocycles.